The van der Waals surface area contributed by atoms with Crippen LogP contribution in [0.15, 0.2) is 10.4 Å². The number of nitrogens with zero attached hydrogens (tertiary/aromatic N) is 4. The zero-order valence-corrected chi connectivity index (χ0v) is 9.11. The van der Waals surface area contributed by atoms with Crippen molar-refractivity contribution in [2.24, 2.45) is 22.1 Å². The molecule has 0 amide bonds. The van der Waals surface area contributed by atoms with E-state index in [1.54, 1.807) is 6.92 Å². The molecule has 0 spiro atoms. The van der Waals surface area contributed by atoms with E-state index in [0.29, 0.717) is 13.0 Å². The molecule has 0 aromatic rings. The molecular formula is C7H15N5O4. The van der Waals surface area contributed by atoms with E-state index in [1.165, 1.54) is 12.1 Å². The Hall–Kier alpha value is -1.77. The van der Waals surface area contributed by atoms with Crippen molar-refractivity contribution in [1.82, 2.24) is 5.01 Å². The number of aliphatic carboxylic acids is 1. The molecule has 0 aliphatic rings. The predicted molar refractivity (Wildman–Crippen MR) is 53.9 cm³/mol. The van der Waals surface area contributed by atoms with Crippen molar-refractivity contribution in [3.63, 3.8) is 0 Å². The molecule has 0 aliphatic carbocycles. The van der Waals surface area contributed by atoms with Crippen LogP contribution in [0.25, 0.3) is 0 Å². The zero-order valence-electron chi connectivity index (χ0n) is 9.11. The van der Waals surface area contributed by atoms with Crippen molar-refractivity contribution in [2.75, 3.05) is 13.6 Å². The van der Waals surface area contributed by atoms with Crippen LogP contribution >= 0.6 is 0 Å². The van der Waals surface area contributed by atoms with Crippen molar-refractivity contribution in [2.45, 2.75) is 19.4 Å². The van der Waals surface area contributed by atoms with Gasteiger partial charge in [0.2, 0.25) is 5.22 Å². The van der Waals surface area contributed by atoms with Crippen LogP contribution < -0.4 is 5.73 Å². The lowest BCUT2D eigenvalue weighted by Crippen LogP contribution is -2.37. The molecule has 0 heterocycles. The van der Waals surface area contributed by atoms with Gasteiger partial charge < -0.3 is 21.0 Å². The summed E-state index contributed by atoms with van der Waals surface area (Å²) in [5.41, 5.74) is 5.39. The van der Waals surface area contributed by atoms with Crippen molar-refractivity contribution in [3.05, 3.63) is 10.1 Å². The Morgan fingerprint density at radius 1 is 1.69 bits per heavy atom. The SMILES string of the molecule is C[C@H](CCN(C)N=N[N+](=O)[O-])[C@H](N)C(=O)O. The van der Waals surface area contributed by atoms with Crippen molar-refractivity contribution >= 4 is 5.97 Å². The van der Waals surface area contributed by atoms with Gasteiger partial charge in [0, 0.05) is 7.05 Å². The Kier molecular flexibility index (Phi) is 5.93. The molecule has 2 atom stereocenters. The standard InChI is InChI=1S/C7H15N5O4/c1-5(6(8)7(13)14)3-4-11(2)9-10-12(15)16/h5-6H,3-4,8H2,1-2H3,(H,13,14)/t5-,6+/m1/s1. The van der Waals surface area contributed by atoms with Gasteiger partial charge in [-0.05, 0) is 12.3 Å². The molecule has 0 fully saturated rings. The molecule has 0 aromatic heterocycles. The summed E-state index contributed by atoms with van der Waals surface area (Å²) in [5, 5.41) is 24.8. The minimum atomic E-state index is -1.07. The quantitative estimate of drug-likeness (QED) is 0.358. The second kappa shape index (κ2) is 6.67. The number of rotatable bonds is 7. The predicted octanol–water partition coefficient (Wildman–Crippen LogP) is -0.0848. The van der Waals surface area contributed by atoms with E-state index in [9.17, 15) is 14.9 Å². The Labute approximate surface area is 92.0 Å². The lowest BCUT2D eigenvalue weighted by Gasteiger charge is -2.16. The van der Waals surface area contributed by atoms with Gasteiger partial charge in [-0.2, -0.15) is 5.01 Å². The molecule has 0 aromatic carbocycles. The fraction of sp³-hybridized carbons (Fsp3) is 0.857. The molecule has 0 aliphatic heterocycles. The lowest BCUT2D eigenvalue weighted by molar-refractivity contribution is -0.496. The first-order valence-electron chi connectivity index (χ1n) is 4.60. The van der Waals surface area contributed by atoms with Gasteiger partial charge in [0.1, 0.15) is 6.04 Å². The molecule has 3 N–H and O–H groups in total. The van der Waals surface area contributed by atoms with Crippen molar-refractivity contribution < 1.29 is 14.9 Å². The highest BCUT2D eigenvalue weighted by Crippen LogP contribution is 2.07. The van der Waals surface area contributed by atoms with Gasteiger partial charge in [-0.15, -0.1) is 0 Å². The largest absolute Gasteiger partial charge is 0.480 e. The number of nitrogens with two attached hydrogens (primary N) is 1. The highest BCUT2D eigenvalue weighted by atomic mass is 16.7. The van der Waals surface area contributed by atoms with Crippen LogP contribution in [0.1, 0.15) is 13.3 Å². The summed E-state index contributed by atoms with van der Waals surface area (Å²) in [7, 11) is 1.51. The average Bonchev–Trinajstić information content (AvgIpc) is 2.21. The third-order valence-corrected chi connectivity index (χ3v) is 2.07. The van der Waals surface area contributed by atoms with E-state index >= 15 is 0 Å². The number of carbonyl (C=O) groups is 1. The van der Waals surface area contributed by atoms with Gasteiger partial charge in [0.05, 0.1) is 11.6 Å². The molecule has 0 unspecified atom stereocenters. The number of hydrogen-bond acceptors (Lipinski definition) is 5. The first-order chi connectivity index (χ1) is 7.34. The van der Waals surface area contributed by atoms with Crippen molar-refractivity contribution in [3.8, 4) is 0 Å². The summed E-state index contributed by atoms with van der Waals surface area (Å²) in [4.78, 5) is 20.4. The number of carboxylic acid groups (broad SMARTS) is 1. The van der Waals surface area contributed by atoms with E-state index in [2.05, 4.69) is 10.4 Å². The van der Waals surface area contributed by atoms with E-state index in [1.807, 2.05) is 0 Å². The van der Waals surface area contributed by atoms with Crippen LogP contribution in [0, 0.1) is 16.0 Å². The van der Waals surface area contributed by atoms with Crippen LogP contribution in [0.2, 0.25) is 0 Å². The monoisotopic (exact) mass is 233 g/mol. The third-order valence-electron chi connectivity index (χ3n) is 2.07. The second-order valence-electron chi connectivity index (χ2n) is 3.43. The van der Waals surface area contributed by atoms with Crippen LogP contribution in [-0.4, -0.2) is 40.8 Å². The minimum Gasteiger partial charge on any atom is -0.480 e. The van der Waals surface area contributed by atoms with Crippen LogP contribution in [0.4, 0.5) is 0 Å². The summed E-state index contributed by atoms with van der Waals surface area (Å²) in [6.45, 7) is 2.04. The number of carboxylic acids is 1. The first kappa shape index (κ1) is 14.2. The number of hydrogen-bond donors (Lipinski definition) is 2. The Bertz CT molecular complexity index is 282. The van der Waals surface area contributed by atoms with Crippen molar-refractivity contribution in [1.29, 1.82) is 0 Å². The van der Waals surface area contributed by atoms with E-state index < -0.39 is 17.0 Å². The van der Waals surface area contributed by atoms with E-state index in [4.69, 9.17) is 10.8 Å². The molecule has 0 rings (SSSR count). The van der Waals surface area contributed by atoms with Crippen LogP contribution in [-0.2, 0) is 4.79 Å². The summed E-state index contributed by atoms with van der Waals surface area (Å²) in [5.74, 6) is -1.31. The normalized spacial score (nSPS) is 14.7. The van der Waals surface area contributed by atoms with E-state index in [0.717, 1.165) is 0 Å². The lowest BCUT2D eigenvalue weighted by atomic mass is 9.99. The molecule has 0 saturated carbocycles. The van der Waals surface area contributed by atoms with Gasteiger partial charge in [-0.25, -0.2) is 0 Å². The summed E-state index contributed by atoms with van der Waals surface area (Å²) in [6, 6.07) is -0.944. The van der Waals surface area contributed by atoms with Crippen LogP contribution in [0.5, 0.6) is 0 Å². The highest BCUT2D eigenvalue weighted by Gasteiger charge is 2.20. The van der Waals surface area contributed by atoms with Crippen LogP contribution in [0.3, 0.4) is 0 Å². The molecule has 92 valence electrons. The van der Waals surface area contributed by atoms with Gasteiger partial charge in [0.15, 0.2) is 5.22 Å². The summed E-state index contributed by atoms with van der Waals surface area (Å²) in [6.07, 6.45) is 0.459. The molecule has 16 heavy (non-hydrogen) atoms. The second-order valence-corrected chi connectivity index (χ2v) is 3.43. The Morgan fingerprint density at radius 3 is 2.69 bits per heavy atom. The molecule has 0 bridgehead atoms. The molecule has 9 nitrogen and oxygen atoms in total. The molecular weight excluding hydrogens is 218 g/mol. The maximum absolute atomic E-state index is 10.5. The van der Waals surface area contributed by atoms with Gasteiger partial charge in [0.25, 0.3) is 0 Å². The summed E-state index contributed by atoms with van der Waals surface area (Å²) < 4.78 is 0. The Morgan fingerprint density at radius 2 is 2.25 bits per heavy atom. The maximum Gasteiger partial charge on any atom is 0.320 e. The fourth-order valence-electron chi connectivity index (χ4n) is 0.959. The van der Waals surface area contributed by atoms with Gasteiger partial charge in [-0.3, -0.25) is 4.79 Å². The average molecular weight is 233 g/mol. The molecule has 0 saturated heterocycles. The summed E-state index contributed by atoms with van der Waals surface area (Å²) >= 11 is 0. The maximum atomic E-state index is 10.5. The molecule has 0 radical (unpaired) electrons. The van der Waals surface area contributed by atoms with Gasteiger partial charge in [-0.1, -0.05) is 6.92 Å². The van der Waals surface area contributed by atoms with E-state index in [-0.39, 0.29) is 5.92 Å². The molecule has 9 heteroatoms. The smallest absolute Gasteiger partial charge is 0.320 e. The zero-order chi connectivity index (χ0) is 12.7. The topological polar surface area (TPSA) is 134 Å². The highest BCUT2D eigenvalue weighted by molar-refractivity contribution is 5.73. The first-order valence-corrected chi connectivity index (χ1v) is 4.60. The third kappa shape index (κ3) is 5.86. The van der Waals surface area contributed by atoms with Gasteiger partial charge >= 0.3 is 5.97 Å². The number of nitro groups is 1. The fourth-order valence-corrected chi connectivity index (χ4v) is 0.959. The Balaban J connectivity index is 3.96. The minimum absolute atomic E-state index is 0.245.